The number of amides is 2. The zero-order valence-corrected chi connectivity index (χ0v) is 27.0. The summed E-state index contributed by atoms with van der Waals surface area (Å²) >= 11 is 4.74. The summed E-state index contributed by atoms with van der Waals surface area (Å²) in [7, 11) is 6.46. The third-order valence-corrected chi connectivity index (χ3v) is 8.65. The number of hydrazone groups is 1. The molecule has 0 saturated heterocycles. The highest BCUT2D eigenvalue weighted by atomic mass is 79.9. The highest BCUT2D eigenvalue weighted by Gasteiger charge is 2.33. The number of carbonyl (C=O) groups is 2. The molecule has 0 aliphatic carbocycles. The van der Waals surface area contributed by atoms with Gasteiger partial charge in [-0.3, -0.25) is 9.59 Å². The van der Waals surface area contributed by atoms with Crippen LogP contribution < -0.4 is 19.5 Å². The number of hydrogen-bond acceptors (Lipinski definition) is 9. The maximum absolute atomic E-state index is 13.6. The van der Waals surface area contributed by atoms with Crippen molar-refractivity contribution in [2.75, 3.05) is 27.1 Å². The summed E-state index contributed by atoms with van der Waals surface area (Å²) in [6, 6.07) is 20.3. The Bertz CT molecular complexity index is 1650. The predicted octanol–water partition coefficient (Wildman–Crippen LogP) is 5.00. The minimum absolute atomic E-state index is 0.103. The Hall–Kier alpha value is -4.36. The molecule has 4 aromatic rings. The van der Waals surface area contributed by atoms with Crippen molar-refractivity contribution >= 4 is 45.2 Å². The quantitative estimate of drug-likeness (QED) is 0.220. The molecule has 5 rings (SSSR count). The van der Waals surface area contributed by atoms with E-state index in [-0.39, 0.29) is 30.2 Å². The van der Waals surface area contributed by atoms with Gasteiger partial charge >= 0.3 is 0 Å². The van der Waals surface area contributed by atoms with E-state index >= 15 is 0 Å². The van der Waals surface area contributed by atoms with E-state index in [1.165, 1.54) is 26.0 Å². The molecule has 0 fully saturated rings. The second kappa shape index (κ2) is 14.0. The normalized spacial score (nSPS) is 14.2. The van der Waals surface area contributed by atoms with Gasteiger partial charge in [-0.25, -0.2) is 5.01 Å². The molecule has 0 spiro atoms. The van der Waals surface area contributed by atoms with Gasteiger partial charge in [0.1, 0.15) is 17.2 Å². The average Bonchev–Trinajstić information content (AvgIpc) is 3.66. The first-order valence-electron chi connectivity index (χ1n) is 13.6. The molecular weight excluding hydrogens is 648 g/mol. The molecule has 2 heterocycles. The lowest BCUT2D eigenvalue weighted by Gasteiger charge is -2.22. The van der Waals surface area contributed by atoms with Crippen LogP contribution in [0.5, 0.6) is 17.2 Å². The Morgan fingerprint density at radius 2 is 1.59 bits per heavy atom. The number of rotatable bonds is 11. The number of methoxy groups -OCH3 is 3. The molecule has 3 aromatic carbocycles. The monoisotopic (exact) mass is 678 g/mol. The van der Waals surface area contributed by atoms with Crippen LogP contribution in [0.3, 0.4) is 0 Å². The van der Waals surface area contributed by atoms with Crippen LogP contribution in [0.25, 0.3) is 0 Å². The van der Waals surface area contributed by atoms with Crippen molar-refractivity contribution in [3.05, 3.63) is 93.7 Å². The lowest BCUT2D eigenvalue weighted by atomic mass is 9.98. The second-order valence-corrected chi connectivity index (χ2v) is 11.7. The number of halogens is 1. The van der Waals surface area contributed by atoms with Crippen LogP contribution in [0.4, 0.5) is 0 Å². The lowest BCUT2D eigenvalue weighted by Crippen LogP contribution is -2.28. The maximum atomic E-state index is 13.6. The number of hydrogen-bond donors (Lipinski definition) is 1. The van der Waals surface area contributed by atoms with Gasteiger partial charge in [0.05, 0.1) is 45.4 Å². The van der Waals surface area contributed by atoms with Crippen molar-refractivity contribution in [2.24, 2.45) is 12.1 Å². The van der Waals surface area contributed by atoms with Crippen LogP contribution in [-0.4, -0.2) is 64.4 Å². The van der Waals surface area contributed by atoms with E-state index in [0.717, 1.165) is 27.1 Å². The largest absolute Gasteiger partial charge is 0.497 e. The molecule has 1 N–H and O–H groups in total. The molecular formula is C31H31BrN6O5S. The zero-order chi connectivity index (χ0) is 31.2. The van der Waals surface area contributed by atoms with Gasteiger partial charge in [-0.1, -0.05) is 52.0 Å². The summed E-state index contributed by atoms with van der Waals surface area (Å²) in [5, 5.41) is 18.2. The lowest BCUT2D eigenvalue weighted by molar-refractivity contribution is -0.130. The molecule has 0 radical (unpaired) electrons. The molecule has 1 atom stereocenters. The molecule has 228 valence electrons. The van der Waals surface area contributed by atoms with Crippen molar-refractivity contribution in [2.45, 2.75) is 24.2 Å². The van der Waals surface area contributed by atoms with E-state index in [4.69, 9.17) is 19.3 Å². The standard InChI is InChI=1S/C31H31BrN6O5S/c1-37-28(17-33-30(40)21-13-24(42-3)15-25(14-21)43-4)34-35-31(37)44-18-29(39)38-27(20-7-11-23(41-2)12-8-20)16-26(36-38)19-5-9-22(32)10-6-19/h5-15,27H,16-18H2,1-4H3,(H,33,40). The summed E-state index contributed by atoms with van der Waals surface area (Å²) in [5.41, 5.74) is 3.15. The fraction of sp³-hybridized carbons (Fsp3) is 0.258. The summed E-state index contributed by atoms with van der Waals surface area (Å²) in [5.74, 6) is 1.93. The minimum atomic E-state index is -0.312. The van der Waals surface area contributed by atoms with Gasteiger partial charge in [-0.05, 0) is 47.5 Å². The van der Waals surface area contributed by atoms with E-state index in [2.05, 4.69) is 31.4 Å². The van der Waals surface area contributed by atoms with Gasteiger partial charge in [0.25, 0.3) is 11.8 Å². The van der Waals surface area contributed by atoms with Crippen LogP contribution in [0.1, 0.15) is 39.8 Å². The Kier molecular flexibility index (Phi) is 9.85. The summed E-state index contributed by atoms with van der Waals surface area (Å²) < 4.78 is 18.6. The molecule has 1 aliphatic heterocycles. The Morgan fingerprint density at radius 1 is 0.932 bits per heavy atom. The van der Waals surface area contributed by atoms with Gasteiger partial charge in [-0.15, -0.1) is 10.2 Å². The van der Waals surface area contributed by atoms with Gasteiger partial charge in [0.15, 0.2) is 11.0 Å². The summed E-state index contributed by atoms with van der Waals surface area (Å²) in [6.45, 7) is 0.142. The molecule has 44 heavy (non-hydrogen) atoms. The SMILES string of the molecule is COc1ccc(C2CC(c3ccc(Br)cc3)=NN2C(=O)CSc2nnc(CNC(=O)c3cc(OC)cc(OC)c3)n2C)cc1. The van der Waals surface area contributed by atoms with E-state index in [0.29, 0.717) is 34.5 Å². The Balaban J connectivity index is 1.26. The molecule has 11 nitrogen and oxygen atoms in total. The fourth-order valence-electron chi connectivity index (χ4n) is 4.66. The molecule has 2 amide bonds. The second-order valence-electron chi connectivity index (χ2n) is 9.82. The number of aromatic nitrogens is 3. The number of carbonyl (C=O) groups excluding carboxylic acids is 2. The first kappa shape index (κ1) is 31.1. The maximum Gasteiger partial charge on any atom is 0.253 e. The first-order chi connectivity index (χ1) is 21.3. The van der Waals surface area contributed by atoms with E-state index in [1.807, 2.05) is 48.5 Å². The van der Waals surface area contributed by atoms with Gasteiger partial charge in [-0.2, -0.15) is 5.10 Å². The molecule has 13 heteroatoms. The van der Waals surface area contributed by atoms with E-state index in [9.17, 15) is 9.59 Å². The third-order valence-electron chi connectivity index (χ3n) is 7.11. The fourth-order valence-corrected chi connectivity index (χ4v) is 5.71. The number of nitrogens with one attached hydrogen (secondary N) is 1. The van der Waals surface area contributed by atoms with Gasteiger partial charge < -0.3 is 24.1 Å². The highest BCUT2D eigenvalue weighted by molar-refractivity contribution is 9.10. The van der Waals surface area contributed by atoms with Crippen molar-refractivity contribution in [3.8, 4) is 17.2 Å². The zero-order valence-electron chi connectivity index (χ0n) is 24.6. The summed E-state index contributed by atoms with van der Waals surface area (Å²) in [6.07, 6.45) is 0.581. The average molecular weight is 680 g/mol. The van der Waals surface area contributed by atoms with E-state index in [1.54, 1.807) is 41.9 Å². The van der Waals surface area contributed by atoms with E-state index < -0.39 is 0 Å². The molecule has 0 bridgehead atoms. The predicted molar refractivity (Wildman–Crippen MR) is 170 cm³/mol. The number of thioether (sulfide) groups is 1. The van der Waals surface area contributed by atoms with Crippen LogP contribution in [0, 0.1) is 0 Å². The molecule has 1 aromatic heterocycles. The Labute approximate surface area is 267 Å². The first-order valence-corrected chi connectivity index (χ1v) is 15.4. The van der Waals surface area contributed by atoms with Crippen molar-refractivity contribution in [1.82, 2.24) is 25.1 Å². The third kappa shape index (κ3) is 7.05. The number of benzene rings is 3. The van der Waals surface area contributed by atoms with Crippen LogP contribution in [0.2, 0.25) is 0 Å². The summed E-state index contributed by atoms with van der Waals surface area (Å²) in [4.78, 5) is 26.4. The van der Waals surface area contributed by atoms with Crippen LogP contribution in [0.15, 0.2) is 81.5 Å². The van der Waals surface area contributed by atoms with Crippen LogP contribution >= 0.6 is 27.7 Å². The van der Waals surface area contributed by atoms with Crippen molar-refractivity contribution in [1.29, 1.82) is 0 Å². The Morgan fingerprint density at radius 3 is 2.23 bits per heavy atom. The van der Waals surface area contributed by atoms with Gasteiger partial charge in [0, 0.05) is 29.6 Å². The van der Waals surface area contributed by atoms with Gasteiger partial charge in [0.2, 0.25) is 0 Å². The molecule has 0 saturated carbocycles. The number of ether oxygens (including phenoxy) is 3. The number of nitrogens with zero attached hydrogens (tertiary/aromatic N) is 5. The van der Waals surface area contributed by atoms with Crippen LogP contribution in [-0.2, 0) is 18.4 Å². The minimum Gasteiger partial charge on any atom is -0.497 e. The van der Waals surface area contributed by atoms with Crippen molar-refractivity contribution < 1.29 is 23.8 Å². The molecule has 1 aliphatic rings. The topological polar surface area (TPSA) is 120 Å². The smallest absolute Gasteiger partial charge is 0.253 e. The molecule has 1 unspecified atom stereocenters. The highest BCUT2D eigenvalue weighted by Crippen LogP contribution is 2.34. The van der Waals surface area contributed by atoms with Crippen molar-refractivity contribution in [3.63, 3.8) is 0 Å².